The van der Waals surface area contributed by atoms with Gasteiger partial charge < -0.3 is 0 Å². The van der Waals surface area contributed by atoms with Crippen molar-refractivity contribution in [2.24, 2.45) is 0 Å². The summed E-state index contributed by atoms with van der Waals surface area (Å²) in [7, 11) is 0. The fourth-order valence-electron chi connectivity index (χ4n) is 2.26. The summed E-state index contributed by atoms with van der Waals surface area (Å²) >= 11 is 13.7. The molecule has 4 nitrogen and oxygen atoms in total. The van der Waals surface area contributed by atoms with Crippen LogP contribution in [0.2, 0.25) is 10.0 Å². The molecular formula is C14H9Cl2N3OS. The van der Waals surface area contributed by atoms with Crippen molar-refractivity contribution in [1.82, 2.24) is 14.6 Å². The minimum Gasteiger partial charge on any atom is -0.296 e. The van der Waals surface area contributed by atoms with Gasteiger partial charge in [-0.15, -0.1) is 0 Å². The van der Waals surface area contributed by atoms with Crippen LogP contribution in [0.5, 0.6) is 0 Å². The summed E-state index contributed by atoms with van der Waals surface area (Å²) in [5, 5.41) is 6.58. The normalized spacial score (nSPS) is 14.8. The summed E-state index contributed by atoms with van der Waals surface area (Å²) in [5.74, 6) is 0.541. The number of rotatable bonds is 3. The van der Waals surface area contributed by atoms with E-state index in [4.69, 9.17) is 23.2 Å². The molecule has 1 saturated carbocycles. The van der Waals surface area contributed by atoms with Crippen LogP contribution in [0.25, 0.3) is 16.2 Å². The van der Waals surface area contributed by atoms with E-state index in [9.17, 15) is 4.79 Å². The fourth-order valence-corrected chi connectivity index (χ4v) is 3.83. The van der Waals surface area contributed by atoms with Crippen LogP contribution in [0.15, 0.2) is 18.2 Å². The number of hydrogen-bond acceptors (Lipinski definition) is 4. The number of imidazole rings is 1. The predicted molar refractivity (Wildman–Crippen MR) is 83.7 cm³/mol. The fraction of sp³-hybridized carbons (Fsp3) is 0.214. The lowest BCUT2D eigenvalue weighted by Crippen LogP contribution is -1.95. The van der Waals surface area contributed by atoms with Crippen LogP contribution in [-0.4, -0.2) is 20.9 Å². The topological polar surface area (TPSA) is 47.3 Å². The Kier molecular flexibility index (Phi) is 3.03. The molecule has 0 unspecified atom stereocenters. The van der Waals surface area contributed by atoms with Gasteiger partial charge in [-0.1, -0.05) is 34.5 Å². The minimum atomic E-state index is 0.428. The molecule has 2 heterocycles. The molecule has 2 aromatic heterocycles. The molecule has 3 aromatic rings. The summed E-state index contributed by atoms with van der Waals surface area (Å²) < 4.78 is 1.62. The van der Waals surface area contributed by atoms with Crippen molar-refractivity contribution in [3.8, 4) is 11.3 Å². The van der Waals surface area contributed by atoms with Gasteiger partial charge in [0.2, 0.25) is 4.96 Å². The molecule has 0 aliphatic heterocycles. The Bertz CT molecular complexity index is 867. The Morgan fingerprint density at radius 3 is 2.81 bits per heavy atom. The van der Waals surface area contributed by atoms with E-state index < -0.39 is 0 Å². The molecule has 4 rings (SSSR count). The molecule has 0 spiro atoms. The number of benzene rings is 1. The second-order valence-electron chi connectivity index (χ2n) is 5.00. The molecule has 0 saturated heterocycles. The SMILES string of the molecule is O=Cc1c(-c2ccc(Cl)cc2Cl)nc2sc(C3CC3)nn12. The smallest absolute Gasteiger partial charge is 0.213 e. The van der Waals surface area contributed by atoms with Crippen LogP contribution in [0, 0.1) is 0 Å². The number of carbonyl (C=O) groups excluding carboxylic acids is 1. The zero-order chi connectivity index (χ0) is 14.6. The van der Waals surface area contributed by atoms with E-state index in [1.165, 1.54) is 24.2 Å². The van der Waals surface area contributed by atoms with E-state index in [2.05, 4.69) is 10.1 Å². The molecule has 21 heavy (non-hydrogen) atoms. The highest BCUT2D eigenvalue weighted by atomic mass is 35.5. The molecule has 7 heteroatoms. The monoisotopic (exact) mass is 337 g/mol. The van der Waals surface area contributed by atoms with E-state index in [1.54, 1.807) is 22.7 Å². The Morgan fingerprint density at radius 2 is 2.14 bits per heavy atom. The number of fused-ring (bicyclic) bond motifs is 1. The van der Waals surface area contributed by atoms with Gasteiger partial charge >= 0.3 is 0 Å². The zero-order valence-electron chi connectivity index (χ0n) is 10.7. The van der Waals surface area contributed by atoms with Crippen molar-refractivity contribution in [1.29, 1.82) is 0 Å². The maximum absolute atomic E-state index is 11.5. The highest BCUT2D eigenvalue weighted by molar-refractivity contribution is 7.16. The van der Waals surface area contributed by atoms with Crippen LogP contribution in [-0.2, 0) is 0 Å². The average molecular weight is 338 g/mol. The Morgan fingerprint density at radius 1 is 1.33 bits per heavy atom. The maximum atomic E-state index is 11.5. The van der Waals surface area contributed by atoms with Crippen molar-refractivity contribution < 1.29 is 4.79 Å². The van der Waals surface area contributed by atoms with Crippen LogP contribution in [0.4, 0.5) is 0 Å². The van der Waals surface area contributed by atoms with Crippen LogP contribution < -0.4 is 0 Å². The van der Waals surface area contributed by atoms with Crippen LogP contribution in [0.3, 0.4) is 0 Å². The van der Waals surface area contributed by atoms with Gasteiger partial charge in [0.25, 0.3) is 0 Å². The lowest BCUT2D eigenvalue weighted by atomic mass is 10.1. The van der Waals surface area contributed by atoms with Crippen molar-refractivity contribution in [3.05, 3.63) is 38.9 Å². The third-order valence-corrected chi connectivity index (χ3v) is 5.10. The summed E-state index contributed by atoms with van der Waals surface area (Å²) in [4.78, 5) is 16.7. The largest absolute Gasteiger partial charge is 0.296 e. The second kappa shape index (κ2) is 4.80. The lowest BCUT2D eigenvalue weighted by molar-refractivity contribution is 0.111. The summed E-state index contributed by atoms with van der Waals surface area (Å²) in [6.45, 7) is 0. The first-order chi connectivity index (χ1) is 10.2. The standard InChI is InChI=1S/C14H9Cl2N3OS/c15-8-3-4-9(10(16)5-8)12-11(6-20)19-14(17-12)21-13(18-19)7-1-2-7/h3-7H,1-2H2. The Balaban J connectivity index is 1.91. The third kappa shape index (κ3) is 2.16. The number of nitrogens with zero attached hydrogens (tertiary/aromatic N) is 3. The predicted octanol–water partition coefficient (Wildman–Crippen LogP) is 4.45. The first kappa shape index (κ1) is 13.2. The van der Waals surface area contributed by atoms with Gasteiger partial charge in [0.1, 0.15) is 16.4 Å². The van der Waals surface area contributed by atoms with Gasteiger partial charge in [0.05, 0.1) is 5.02 Å². The molecular weight excluding hydrogens is 329 g/mol. The number of carbonyl (C=O) groups is 1. The maximum Gasteiger partial charge on any atom is 0.213 e. The summed E-state index contributed by atoms with van der Waals surface area (Å²) in [5.41, 5.74) is 1.67. The molecule has 0 N–H and O–H groups in total. The molecule has 106 valence electrons. The van der Waals surface area contributed by atoms with E-state index >= 15 is 0 Å². The number of aromatic nitrogens is 3. The number of hydrogen-bond donors (Lipinski definition) is 0. The molecule has 0 bridgehead atoms. The van der Waals surface area contributed by atoms with Gasteiger partial charge in [0.15, 0.2) is 6.29 Å². The Hall–Kier alpha value is -1.43. The Labute approximate surface area is 134 Å². The highest BCUT2D eigenvalue weighted by Crippen LogP contribution is 2.42. The lowest BCUT2D eigenvalue weighted by Gasteiger charge is -2.02. The molecule has 1 aliphatic rings. The van der Waals surface area contributed by atoms with Crippen molar-refractivity contribution in [3.63, 3.8) is 0 Å². The zero-order valence-corrected chi connectivity index (χ0v) is 13.0. The molecule has 1 fully saturated rings. The van der Waals surface area contributed by atoms with Crippen LogP contribution in [0.1, 0.15) is 34.3 Å². The number of halogens is 2. The quantitative estimate of drug-likeness (QED) is 0.663. The van der Waals surface area contributed by atoms with E-state index in [1.807, 2.05) is 0 Å². The molecule has 1 aliphatic carbocycles. The first-order valence-corrected chi connectivity index (χ1v) is 8.04. The summed E-state index contributed by atoms with van der Waals surface area (Å²) in [6.07, 6.45) is 3.11. The third-order valence-electron chi connectivity index (χ3n) is 3.48. The van der Waals surface area contributed by atoms with Gasteiger partial charge in [-0.25, -0.2) is 4.98 Å². The first-order valence-electron chi connectivity index (χ1n) is 6.47. The number of aldehydes is 1. The van der Waals surface area contributed by atoms with E-state index in [-0.39, 0.29) is 0 Å². The molecule has 0 amide bonds. The van der Waals surface area contributed by atoms with Crippen molar-refractivity contribution in [2.75, 3.05) is 0 Å². The van der Waals surface area contributed by atoms with Gasteiger partial charge in [-0.2, -0.15) is 9.61 Å². The van der Waals surface area contributed by atoms with E-state index in [0.717, 1.165) is 16.3 Å². The highest BCUT2D eigenvalue weighted by Gasteiger charge is 2.29. The minimum absolute atomic E-state index is 0.428. The molecule has 1 aromatic carbocycles. The van der Waals surface area contributed by atoms with Gasteiger partial charge in [-0.05, 0) is 31.0 Å². The van der Waals surface area contributed by atoms with Gasteiger partial charge in [-0.3, -0.25) is 4.79 Å². The second-order valence-corrected chi connectivity index (χ2v) is 6.83. The van der Waals surface area contributed by atoms with Crippen molar-refractivity contribution >= 4 is 45.8 Å². The van der Waals surface area contributed by atoms with Crippen molar-refractivity contribution in [2.45, 2.75) is 18.8 Å². The molecule has 0 radical (unpaired) electrons. The van der Waals surface area contributed by atoms with Gasteiger partial charge in [0, 0.05) is 16.5 Å². The average Bonchev–Trinajstić information content (AvgIpc) is 3.13. The van der Waals surface area contributed by atoms with E-state index in [0.29, 0.717) is 32.9 Å². The molecule has 0 atom stereocenters. The van der Waals surface area contributed by atoms with Crippen LogP contribution >= 0.6 is 34.5 Å². The summed E-state index contributed by atoms with van der Waals surface area (Å²) in [6, 6.07) is 5.14.